The molecule has 0 aliphatic carbocycles. The van der Waals surface area contributed by atoms with Crippen LogP contribution in [0.3, 0.4) is 0 Å². The van der Waals surface area contributed by atoms with Crippen molar-refractivity contribution in [1.29, 1.82) is 0 Å². The van der Waals surface area contributed by atoms with Gasteiger partial charge in [0.15, 0.2) is 5.16 Å². The number of thiophene rings is 1. The molecule has 0 saturated carbocycles. The second-order valence-electron chi connectivity index (χ2n) is 7.00. The molecule has 5 nitrogen and oxygen atoms in total. The SMILES string of the molecule is Cc1oc(-c2ccccc2)nc1CSc1nnc(Cc2cccs2)n1-c1ccccc1. The minimum Gasteiger partial charge on any atom is -0.441 e. The Hall–Kier alpha value is -3.16. The predicted molar refractivity (Wildman–Crippen MR) is 125 cm³/mol. The molecule has 0 atom stereocenters. The molecule has 0 bridgehead atoms. The molecule has 0 amide bonds. The lowest BCUT2D eigenvalue weighted by atomic mass is 10.2. The van der Waals surface area contributed by atoms with Gasteiger partial charge in [0.2, 0.25) is 5.89 Å². The minimum atomic E-state index is 0.650. The van der Waals surface area contributed by atoms with Crippen LogP contribution in [0.25, 0.3) is 17.1 Å². The lowest BCUT2D eigenvalue weighted by molar-refractivity contribution is 0.540. The molecule has 0 unspecified atom stereocenters. The maximum Gasteiger partial charge on any atom is 0.226 e. The summed E-state index contributed by atoms with van der Waals surface area (Å²) in [6.07, 6.45) is 0.751. The number of rotatable bonds is 7. The first-order chi connectivity index (χ1) is 15.3. The number of aryl methyl sites for hydroxylation is 1. The first-order valence-corrected chi connectivity index (χ1v) is 11.8. The molecule has 0 radical (unpaired) electrons. The van der Waals surface area contributed by atoms with Crippen molar-refractivity contribution >= 4 is 23.1 Å². The summed E-state index contributed by atoms with van der Waals surface area (Å²) in [4.78, 5) is 5.99. The Labute approximate surface area is 188 Å². The van der Waals surface area contributed by atoms with E-state index in [2.05, 4.69) is 44.4 Å². The lowest BCUT2D eigenvalue weighted by Gasteiger charge is -2.09. The van der Waals surface area contributed by atoms with Crippen LogP contribution < -0.4 is 0 Å². The summed E-state index contributed by atoms with van der Waals surface area (Å²) in [5.41, 5.74) is 2.96. The highest BCUT2D eigenvalue weighted by Crippen LogP contribution is 2.29. The summed E-state index contributed by atoms with van der Waals surface area (Å²) in [5, 5.41) is 12.0. The molecule has 2 aromatic carbocycles. The molecule has 3 aromatic heterocycles. The molecule has 0 aliphatic heterocycles. The average molecular weight is 445 g/mol. The summed E-state index contributed by atoms with van der Waals surface area (Å²) in [6.45, 7) is 1.96. The highest BCUT2D eigenvalue weighted by molar-refractivity contribution is 7.98. The monoisotopic (exact) mass is 444 g/mol. The van der Waals surface area contributed by atoms with E-state index in [0.717, 1.165) is 40.1 Å². The number of thioether (sulfide) groups is 1. The zero-order valence-electron chi connectivity index (χ0n) is 16.9. The van der Waals surface area contributed by atoms with Crippen LogP contribution in [0.2, 0.25) is 0 Å². The first kappa shape index (κ1) is 19.8. The molecule has 0 N–H and O–H groups in total. The van der Waals surface area contributed by atoms with Gasteiger partial charge in [-0.25, -0.2) is 4.98 Å². The van der Waals surface area contributed by atoms with Crippen LogP contribution >= 0.6 is 23.1 Å². The van der Waals surface area contributed by atoms with Crippen LogP contribution in [0, 0.1) is 6.92 Å². The second-order valence-corrected chi connectivity index (χ2v) is 8.98. The van der Waals surface area contributed by atoms with E-state index in [4.69, 9.17) is 9.40 Å². The van der Waals surface area contributed by atoms with Crippen molar-refractivity contribution in [2.75, 3.05) is 0 Å². The highest BCUT2D eigenvalue weighted by Gasteiger charge is 2.18. The standard InChI is InChI=1S/C24H20N4OS2/c1-17-21(25-23(29-17)18-9-4-2-5-10-18)16-31-24-27-26-22(15-20-13-8-14-30-20)28(24)19-11-6-3-7-12-19/h2-14H,15-16H2,1H3. The van der Waals surface area contributed by atoms with E-state index in [-0.39, 0.29) is 0 Å². The summed E-state index contributed by atoms with van der Waals surface area (Å²) in [5.74, 6) is 3.07. The van der Waals surface area contributed by atoms with E-state index < -0.39 is 0 Å². The van der Waals surface area contributed by atoms with Crippen LogP contribution in [0.5, 0.6) is 0 Å². The Kier molecular flexibility index (Phi) is 5.69. The van der Waals surface area contributed by atoms with Crippen molar-refractivity contribution < 1.29 is 4.42 Å². The summed E-state index contributed by atoms with van der Waals surface area (Å²) < 4.78 is 8.05. The summed E-state index contributed by atoms with van der Waals surface area (Å²) in [7, 11) is 0. The van der Waals surface area contributed by atoms with Gasteiger partial charge in [0.25, 0.3) is 0 Å². The van der Waals surface area contributed by atoms with Gasteiger partial charge in [0.1, 0.15) is 11.6 Å². The quantitative estimate of drug-likeness (QED) is 0.281. The van der Waals surface area contributed by atoms with Gasteiger partial charge < -0.3 is 4.42 Å². The fraction of sp³-hybridized carbons (Fsp3) is 0.125. The number of hydrogen-bond donors (Lipinski definition) is 0. The Bertz CT molecular complexity index is 1260. The smallest absolute Gasteiger partial charge is 0.226 e. The van der Waals surface area contributed by atoms with Crippen molar-refractivity contribution in [3.8, 4) is 17.1 Å². The van der Waals surface area contributed by atoms with Crippen molar-refractivity contribution in [3.05, 3.63) is 100 Å². The molecule has 0 aliphatic rings. The number of nitrogens with zero attached hydrogens (tertiary/aromatic N) is 4. The normalized spacial score (nSPS) is 11.1. The van der Waals surface area contributed by atoms with Crippen LogP contribution in [-0.4, -0.2) is 19.7 Å². The van der Waals surface area contributed by atoms with Crippen LogP contribution in [-0.2, 0) is 12.2 Å². The molecule has 0 spiro atoms. The van der Waals surface area contributed by atoms with Crippen LogP contribution in [0.4, 0.5) is 0 Å². The maximum atomic E-state index is 5.91. The minimum absolute atomic E-state index is 0.650. The third kappa shape index (κ3) is 4.33. The lowest BCUT2D eigenvalue weighted by Crippen LogP contribution is -2.03. The van der Waals surface area contributed by atoms with Crippen molar-refractivity contribution in [2.45, 2.75) is 24.3 Å². The zero-order chi connectivity index (χ0) is 21.0. The van der Waals surface area contributed by atoms with Crippen molar-refractivity contribution in [3.63, 3.8) is 0 Å². The van der Waals surface area contributed by atoms with Gasteiger partial charge >= 0.3 is 0 Å². The summed E-state index contributed by atoms with van der Waals surface area (Å²) >= 11 is 3.35. The van der Waals surface area contributed by atoms with Gasteiger partial charge in [-0.15, -0.1) is 21.5 Å². The molecule has 5 aromatic rings. The van der Waals surface area contributed by atoms with Crippen molar-refractivity contribution in [1.82, 2.24) is 19.7 Å². The molecule has 154 valence electrons. The Morgan fingerprint density at radius 1 is 0.935 bits per heavy atom. The number of para-hydroxylation sites is 1. The molecule has 0 saturated heterocycles. The average Bonchev–Trinajstić information content (AvgIpc) is 3.55. The predicted octanol–water partition coefficient (Wildman–Crippen LogP) is 6.18. The Balaban J connectivity index is 1.42. The molecule has 7 heteroatoms. The van der Waals surface area contributed by atoms with Gasteiger partial charge in [-0.1, -0.05) is 54.2 Å². The number of aromatic nitrogens is 4. The van der Waals surface area contributed by atoms with E-state index in [1.165, 1.54) is 4.88 Å². The fourth-order valence-electron chi connectivity index (χ4n) is 3.31. The van der Waals surface area contributed by atoms with E-state index in [1.54, 1.807) is 23.1 Å². The zero-order valence-corrected chi connectivity index (χ0v) is 18.6. The van der Waals surface area contributed by atoms with Gasteiger partial charge in [0, 0.05) is 28.3 Å². The fourth-order valence-corrected chi connectivity index (χ4v) is 4.99. The van der Waals surface area contributed by atoms with E-state index in [9.17, 15) is 0 Å². The van der Waals surface area contributed by atoms with Gasteiger partial charge in [-0.05, 0) is 42.6 Å². The topological polar surface area (TPSA) is 56.7 Å². The Morgan fingerprint density at radius 3 is 2.45 bits per heavy atom. The molecular formula is C24H20N4OS2. The molecular weight excluding hydrogens is 424 g/mol. The number of benzene rings is 2. The van der Waals surface area contributed by atoms with E-state index >= 15 is 0 Å². The van der Waals surface area contributed by atoms with Crippen LogP contribution in [0.1, 0.15) is 22.2 Å². The third-order valence-corrected chi connectivity index (χ3v) is 6.70. The number of oxazole rings is 1. The largest absolute Gasteiger partial charge is 0.441 e. The van der Waals surface area contributed by atoms with Crippen molar-refractivity contribution in [2.24, 2.45) is 0 Å². The first-order valence-electron chi connectivity index (χ1n) is 9.94. The van der Waals surface area contributed by atoms with E-state index in [1.807, 2.05) is 55.5 Å². The van der Waals surface area contributed by atoms with Crippen LogP contribution in [0.15, 0.2) is 87.8 Å². The third-order valence-electron chi connectivity index (χ3n) is 4.88. The second kappa shape index (κ2) is 8.91. The molecule has 3 heterocycles. The van der Waals surface area contributed by atoms with Gasteiger partial charge in [0.05, 0.1) is 5.69 Å². The van der Waals surface area contributed by atoms with E-state index in [0.29, 0.717) is 11.6 Å². The van der Waals surface area contributed by atoms with Gasteiger partial charge in [-0.3, -0.25) is 4.57 Å². The highest BCUT2D eigenvalue weighted by atomic mass is 32.2. The molecule has 31 heavy (non-hydrogen) atoms. The molecule has 5 rings (SSSR count). The molecule has 0 fully saturated rings. The number of hydrogen-bond acceptors (Lipinski definition) is 6. The van der Waals surface area contributed by atoms with Gasteiger partial charge in [-0.2, -0.15) is 0 Å². The Morgan fingerprint density at radius 2 is 1.71 bits per heavy atom. The summed E-state index contributed by atoms with van der Waals surface area (Å²) in [6, 6.07) is 24.4. The maximum absolute atomic E-state index is 5.91.